The molecule has 2 aliphatic rings. The van der Waals surface area contributed by atoms with E-state index in [1.807, 2.05) is 51.1 Å². The van der Waals surface area contributed by atoms with Crippen LogP contribution in [0.25, 0.3) is 0 Å². The number of esters is 1. The normalized spacial score (nSPS) is 21.2. The van der Waals surface area contributed by atoms with Crippen molar-refractivity contribution in [2.75, 3.05) is 13.2 Å². The maximum Gasteiger partial charge on any atom is 0.408 e. The number of fused-ring (bicyclic) bond motifs is 1. The molecule has 1 N–H and O–H groups in total. The molecular formula is C32H41N3O7S. The number of sulfone groups is 1. The SMILES string of the molecule is CCOC(=O)C1=C(S(=O)(=O)c2ccc(C)cc2)C(C(C)C)N2CCC(Cc3ccccc3)(NC(=O)OC(C)(C)C)C(=O)N12. The van der Waals surface area contributed by atoms with Crippen LogP contribution in [0.4, 0.5) is 4.79 Å². The number of hydrogen-bond acceptors (Lipinski definition) is 8. The molecule has 0 radical (unpaired) electrons. The number of carbonyl (C=O) groups excluding carboxylic acids is 3. The highest BCUT2D eigenvalue weighted by molar-refractivity contribution is 7.95. The number of nitrogens with zero attached hydrogens (tertiary/aromatic N) is 2. The largest absolute Gasteiger partial charge is 0.461 e. The number of benzene rings is 2. The number of ether oxygens (including phenoxy) is 2. The first kappa shape index (κ1) is 32.2. The third-order valence-electron chi connectivity index (χ3n) is 7.47. The zero-order chi connectivity index (χ0) is 31.7. The second-order valence-electron chi connectivity index (χ2n) is 12.3. The molecule has 0 saturated carbocycles. The van der Waals surface area contributed by atoms with Crippen LogP contribution in [0, 0.1) is 12.8 Å². The molecule has 0 spiro atoms. The van der Waals surface area contributed by atoms with Crippen LogP contribution in [-0.2, 0) is 35.3 Å². The van der Waals surface area contributed by atoms with Gasteiger partial charge in [0, 0.05) is 13.0 Å². The van der Waals surface area contributed by atoms with Crippen molar-refractivity contribution in [1.82, 2.24) is 15.3 Å². The van der Waals surface area contributed by atoms with E-state index in [0.29, 0.717) is 0 Å². The van der Waals surface area contributed by atoms with Gasteiger partial charge in [0.15, 0.2) is 5.70 Å². The summed E-state index contributed by atoms with van der Waals surface area (Å²) in [6, 6.07) is 14.7. The molecule has 2 aromatic rings. The van der Waals surface area contributed by atoms with Gasteiger partial charge in [-0.2, -0.15) is 0 Å². The Morgan fingerprint density at radius 1 is 1.07 bits per heavy atom. The van der Waals surface area contributed by atoms with E-state index in [2.05, 4.69) is 5.32 Å². The fourth-order valence-electron chi connectivity index (χ4n) is 5.64. The Labute approximate surface area is 253 Å². The number of hydrogen-bond donors (Lipinski definition) is 1. The van der Waals surface area contributed by atoms with Crippen LogP contribution in [0.1, 0.15) is 59.1 Å². The van der Waals surface area contributed by atoms with E-state index >= 15 is 0 Å². The van der Waals surface area contributed by atoms with E-state index in [1.54, 1.807) is 44.8 Å². The molecule has 10 nitrogen and oxygen atoms in total. The summed E-state index contributed by atoms with van der Waals surface area (Å²) < 4.78 is 39.5. The number of rotatable bonds is 8. The van der Waals surface area contributed by atoms with Gasteiger partial charge in [-0.15, -0.1) is 0 Å². The van der Waals surface area contributed by atoms with Crippen molar-refractivity contribution in [3.05, 3.63) is 76.3 Å². The Morgan fingerprint density at radius 3 is 2.26 bits per heavy atom. The Morgan fingerprint density at radius 2 is 1.70 bits per heavy atom. The molecule has 11 heteroatoms. The van der Waals surface area contributed by atoms with Gasteiger partial charge in [0.25, 0.3) is 5.91 Å². The first-order chi connectivity index (χ1) is 20.1. The van der Waals surface area contributed by atoms with Crippen molar-refractivity contribution in [1.29, 1.82) is 0 Å². The molecular weight excluding hydrogens is 570 g/mol. The summed E-state index contributed by atoms with van der Waals surface area (Å²) >= 11 is 0. The molecule has 0 bridgehead atoms. The van der Waals surface area contributed by atoms with E-state index in [-0.39, 0.29) is 47.4 Å². The highest BCUT2D eigenvalue weighted by Gasteiger charge is 2.59. The highest BCUT2D eigenvalue weighted by atomic mass is 32.2. The minimum Gasteiger partial charge on any atom is -0.461 e. The second kappa shape index (κ2) is 12.1. The molecule has 2 aliphatic heterocycles. The Kier molecular flexibility index (Phi) is 9.08. The molecule has 2 heterocycles. The zero-order valence-corrected chi connectivity index (χ0v) is 26.7. The van der Waals surface area contributed by atoms with Crippen LogP contribution in [0.3, 0.4) is 0 Å². The molecule has 2 aromatic carbocycles. The molecule has 232 valence electrons. The van der Waals surface area contributed by atoms with Gasteiger partial charge >= 0.3 is 12.1 Å². The van der Waals surface area contributed by atoms with Gasteiger partial charge < -0.3 is 14.8 Å². The molecule has 0 aliphatic carbocycles. The maximum atomic E-state index is 14.8. The molecule has 0 aromatic heterocycles. The average molecular weight is 612 g/mol. The van der Waals surface area contributed by atoms with E-state index < -0.39 is 45.0 Å². The number of aryl methyl sites for hydroxylation is 1. The van der Waals surface area contributed by atoms with Crippen molar-refractivity contribution in [2.45, 2.75) is 83.4 Å². The summed E-state index contributed by atoms with van der Waals surface area (Å²) in [4.78, 5) is 41.4. The molecule has 1 fully saturated rings. The van der Waals surface area contributed by atoms with Crippen LogP contribution >= 0.6 is 0 Å². The summed E-state index contributed by atoms with van der Waals surface area (Å²) in [7, 11) is -4.26. The minimum absolute atomic E-state index is 0.0106. The lowest BCUT2D eigenvalue weighted by Crippen LogP contribution is -2.69. The second-order valence-corrected chi connectivity index (χ2v) is 14.3. The lowest BCUT2D eigenvalue weighted by molar-refractivity contribution is -0.166. The van der Waals surface area contributed by atoms with Crippen molar-refractivity contribution in [3.63, 3.8) is 0 Å². The smallest absolute Gasteiger partial charge is 0.408 e. The average Bonchev–Trinajstić information content (AvgIpc) is 3.28. The van der Waals surface area contributed by atoms with Crippen LogP contribution in [-0.4, -0.2) is 66.7 Å². The summed E-state index contributed by atoms with van der Waals surface area (Å²) in [6.07, 6.45) is -0.550. The maximum absolute atomic E-state index is 14.8. The van der Waals surface area contributed by atoms with Gasteiger partial charge in [-0.3, -0.25) is 4.79 Å². The Hall–Kier alpha value is -3.70. The zero-order valence-electron chi connectivity index (χ0n) is 25.8. The van der Waals surface area contributed by atoms with Gasteiger partial charge in [-0.25, -0.2) is 28.0 Å². The van der Waals surface area contributed by atoms with Gasteiger partial charge in [0.1, 0.15) is 16.0 Å². The lowest BCUT2D eigenvalue weighted by Gasteiger charge is -2.47. The molecule has 2 unspecified atom stereocenters. The van der Waals surface area contributed by atoms with Crippen LogP contribution in [0.15, 0.2) is 70.1 Å². The fraction of sp³-hybridized carbons (Fsp3) is 0.469. The number of hydrazine groups is 1. The predicted octanol–water partition coefficient (Wildman–Crippen LogP) is 4.54. The summed E-state index contributed by atoms with van der Waals surface area (Å²) in [6.45, 7) is 12.5. The standard InChI is InChI=1S/C32H41N3O7S/c1-8-41-28(36)26-27(43(39,40)24-16-14-22(4)15-17-24)25(21(2)3)34-19-18-32(29(37)35(26)34,20-23-12-10-9-11-13-23)33-30(38)42-31(5,6)7/h9-17,21,25H,8,18-20H2,1-7H3,(H,33,38). The first-order valence-electron chi connectivity index (χ1n) is 14.5. The topological polar surface area (TPSA) is 122 Å². The van der Waals surface area contributed by atoms with Gasteiger partial charge in [-0.05, 0) is 64.7 Å². The summed E-state index contributed by atoms with van der Waals surface area (Å²) in [5.74, 6) is -1.88. The quantitative estimate of drug-likeness (QED) is 0.432. The van der Waals surface area contributed by atoms with Crippen LogP contribution in [0.5, 0.6) is 0 Å². The number of amides is 2. The Bertz CT molecular complexity index is 1510. The fourth-order valence-corrected chi connectivity index (χ4v) is 7.52. The molecule has 2 amide bonds. The van der Waals surface area contributed by atoms with Crippen LogP contribution in [0.2, 0.25) is 0 Å². The van der Waals surface area contributed by atoms with Crippen molar-refractivity contribution >= 4 is 27.8 Å². The predicted molar refractivity (Wildman–Crippen MR) is 161 cm³/mol. The third kappa shape index (κ3) is 6.47. The van der Waals surface area contributed by atoms with Gasteiger partial charge in [-0.1, -0.05) is 61.9 Å². The monoisotopic (exact) mass is 611 g/mol. The van der Waals surface area contributed by atoms with Crippen molar-refractivity contribution < 1.29 is 32.3 Å². The summed E-state index contributed by atoms with van der Waals surface area (Å²) in [5, 5.41) is 5.58. The highest BCUT2D eigenvalue weighted by Crippen LogP contribution is 2.44. The number of alkyl carbamates (subject to hydrolysis) is 1. The first-order valence-corrected chi connectivity index (χ1v) is 16.0. The minimum atomic E-state index is -4.26. The molecule has 4 rings (SSSR count). The lowest BCUT2D eigenvalue weighted by atomic mass is 9.84. The number of carbonyl (C=O) groups is 3. The van der Waals surface area contributed by atoms with Crippen molar-refractivity contribution in [3.8, 4) is 0 Å². The Balaban J connectivity index is 1.92. The van der Waals surface area contributed by atoms with E-state index in [4.69, 9.17) is 9.47 Å². The van der Waals surface area contributed by atoms with E-state index in [0.717, 1.165) is 16.1 Å². The van der Waals surface area contributed by atoms with Gasteiger partial charge in [0.05, 0.1) is 17.5 Å². The number of nitrogens with one attached hydrogen (secondary N) is 1. The molecule has 2 atom stereocenters. The van der Waals surface area contributed by atoms with Crippen LogP contribution < -0.4 is 5.32 Å². The van der Waals surface area contributed by atoms with E-state index in [9.17, 15) is 22.8 Å². The molecule has 43 heavy (non-hydrogen) atoms. The van der Waals surface area contributed by atoms with Crippen molar-refractivity contribution in [2.24, 2.45) is 5.92 Å². The van der Waals surface area contributed by atoms with E-state index in [1.165, 1.54) is 12.1 Å². The third-order valence-corrected chi connectivity index (χ3v) is 9.38. The van der Waals surface area contributed by atoms with Gasteiger partial charge in [0.2, 0.25) is 9.84 Å². The molecule has 1 saturated heterocycles. The summed E-state index contributed by atoms with van der Waals surface area (Å²) in [5.41, 5.74) is -1.07.